The van der Waals surface area contributed by atoms with Crippen molar-refractivity contribution >= 4 is 23.2 Å². The fourth-order valence-corrected chi connectivity index (χ4v) is 1.77. The Bertz CT molecular complexity index is 614. The third-order valence-corrected chi connectivity index (χ3v) is 2.88. The van der Waals surface area contributed by atoms with Gasteiger partial charge < -0.3 is 10.1 Å². The van der Waals surface area contributed by atoms with Gasteiger partial charge in [0.15, 0.2) is 6.61 Å². The first kappa shape index (κ1) is 14.3. The van der Waals surface area contributed by atoms with E-state index in [9.17, 15) is 9.18 Å². The van der Waals surface area contributed by atoms with E-state index in [-0.39, 0.29) is 18.3 Å². The number of benzene rings is 2. The normalized spacial score (nSPS) is 10.2. The molecule has 3 nitrogen and oxygen atoms in total. The molecule has 2 aromatic carbocycles. The average Bonchev–Trinajstić information content (AvgIpc) is 2.40. The van der Waals surface area contributed by atoms with Gasteiger partial charge in [-0.2, -0.15) is 0 Å². The van der Waals surface area contributed by atoms with E-state index in [0.717, 1.165) is 0 Å². The third kappa shape index (κ3) is 3.96. The Hall–Kier alpha value is -2.07. The van der Waals surface area contributed by atoms with Crippen LogP contribution in [0.15, 0.2) is 42.5 Å². The summed E-state index contributed by atoms with van der Waals surface area (Å²) in [6.07, 6.45) is 0. The minimum atomic E-state index is -0.333. The molecule has 0 spiro atoms. The standard InChI is InChI=1S/C15H13ClFNO2/c1-10-8-12(17)4-7-14(10)20-9-15(19)18-13-5-2-11(16)3-6-13/h2-8H,9H2,1H3,(H,18,19). The molecule has 2 rings (SSSR count). The molecule has 0 aliphatic rings. The predicted molar refractivity (Wildman–Crippen MR) is 76.7 cm³/mol. The van der Waals surface area contributed by atoms with Crippen molar-refractivity contribution in [2.75, 3.05) is 11.9 Å². The van der Waals surface area contributed by atoms with Crippen LogP contribution in [0.3, 0.4) is 0 Å². The SMILES string of the molecule is Cc1cc(F)ccc1OCC(=O)Nc1ccc(Cl)cc1. The minimum Gasteiger partial charge on any atom is -0.483 e. The van der Waals surface area contributed by atoms with Crippen molar-refractivity contribution in [1.29, 1.82) is 0 Å². The molecule has 2 aromatic rings. The third-order valence-electron chi connectivity index (χ3n) is 2.62. The van der Waals surface area contributed by atoms with Crippen LogP contribution in [0.5, 0.6) is 5.75 Å². The Kier molecular flexibility index (Phi) is 4.58. The highest BCUT2D eigenvalue weighted by atomic mass is 35.5. The summed E-state index contributed by atoms with van der Waals surface area (Å²) in [6.45, 7) is 1.57. The van der Waals surface area contributed by atoms with Gasteiger partial charge in [-0.3, -0.25) is 4.79 Å². The predicted octanol–water partition coefficient (Wildman–Crippen LogP) is 3.81. The molecule has 0 fully saturated rings. The largest absolute Gasteiger partial charge is 0.483 e. The fourth-order valence-electron chi connectivity index (χ4n) is 1.65. The first-order chi connectivity index (χ1) is 9.54. The van der Waals surface area contributed by atoms with Gasteiger partial charge in [-0.1, -0.05) is 11.6 Å². The number of carbonyl (C=O) groups is 1. The number of nitrogens with one attached hydrogen (secondary N) is 1. The first-order valence-electron chi connectivity index (χ1n) is 5.99. The summed E-state index contributed by atoms with van der Waals surface area (Å²) in [7, 11) is 0. The number of halogens is 2. The number of anilines is 1. The summed E-state index contributed by atoms with van der Waals surface area (Å²) < 4.78 is 18.3. The lowest BCUT2D eigenvalue weighted by Gasteiger charge is -2.09. The van der Waals surface area contributed by atoms with E-state index < -0.39 is 0 Å². The number of rotatable bonds is 4. The molecule has 0 heterocycles. The van der Waals surface area contributed by atoms with Gasteiger partial charge in [-0.15, -0.1) is 0 Å². The molecule has 20 heavy (non-hydrogen) atoms. The van der Waals surface area contributed by atoms with Gasteiger partial charge in [-0.05, 0) is 55.0 Å². The van der Waals surface area contributed by atoms with Crippen molar-refractivity contribution in [1.82, 2.24) is 0 Å². The maximum absolute atomic E-state index is 12.9. The Morgan fingerprint density at radius 1 is 1.25 bits per heavy atom. The van der Waals surface area contributed by atoms with E-state index in [0.29, 0.717) is 22.0 Å². The van der Waals surface area contributed by atoms with E-state index in [1.165, 1.54) is 18.2 Å². The lowest BCUT2D eigenvalue weighted by Crippen LogP contribution is -2.20. The Morgan fingerprint density at radius 3 is 2.60 bits per heavy atom. The molecule has 0 radical (unpaired) electrons. The van der Waals surface area contributed by atoms with Crippen molar-refractivity contribution in [3.05, 3.63) is 58.9 Å². The van der Waals surface area contributed by atoms with E-state index in [1.54, 1.807) is 31.2 Å². The monoisotopic (exact) mass is 293 g/mol. The first-order valence-corrected chi connectivity index (χ1v) is 6.37. The van der Waals surface area contributed by atoms with Crippen LogP contribution in [0.2, 0.25) is 5.02 Å². The quantitative estimate of drug-likeness (QED) is 0.931. The second kappa shape index (κ2) is 6.39. The van der Waals surface area contributed by atoms with Crippen molar-refractivity contribution in [2.45, 2.75) is 6.92 Å². The second-order valence-corrected chi connectivity index (χ2v) is 4.69. The molecule has 0 aliphatic carbocycles. The molecular weight excluding hydrogens is 281 g/mol. The zero-order chi connectivity index (χ0) is 14.5. The summed E-state index contributed by atoms with van der Waals surface area (Å²) in [5, 5.41) is 3.27. The van der Waals surface area contributed by atoms with Crippen LogP contribution in [0, 0.1) is 12.7 Å². The molecular formula is C15H13ClFNO2. The smallest absolute Gasteiger partial charge is 0.262 e. The number of ether oxygens (including phenoxy) is 1. The van der Waals surface area contributed by atoms with Crippen molar-refractivity contribution in [2.24, 2.45) is 0 Å². The molecule has 0 saturated carbocycles. The highest BCUT2D eigenvalue weighted by molar-refractivity contribution is 6.30. The molecule has 0 atom stereocenters. The number of amides is 1. The summed E-state index contributed by atoms with van der Waals surface area (Å²) in [4.78, 5) is 11.7. The van der Waals surface area contributed by atoms with Crippen molar-refractivity contribution in [3.63, 3.8) is 0 Å². The van der Waals surface area contributed by atoms with Crippen molar-refractivity contribution in [3.8, 4) is 5.75 Å². The Morgan fingerprint density at radius 2 is 1.95 bits per heavy atom. The van der Waals surface area contributed by atoms with Gasteiger partial charge >= 0.3 is 0 Å². The molecule has 104 valence electrons. The molecule has 5 heteroatoms. The molecule has 0 saturated heterocycles. The lowest BCUT2D eigenvalue weighted by molar-refractivity contribution is -0.118. The van der Waals surface area contributed by atoms with Crippen LogP contribution < -0.4 is 10.1 Å². The minimum absolute atomic E-state index is 0.144. The maximum atomic E-state index is 12.9. The summed E-state index contributed by atoms with van der Waals surface area (Å²) in [5.41, 5.74) is 1.28. The zero-order valence-electron chi connectivity index (χ0n) is 10.8. The van der Waals surface area contributed by atoms with E-state index >= 15 is 0 Å². The molecule has 0 aromatic heterocycles. The summed E-state index contributed by atoms with van der Waals surface area (Å²) in [6, 6.07) is 10.9. The van der Waals surface area contributed by atoms with E-state index in [2.05, 4.69) is 5.32 Å². The highest BCUT2D eigenvalue weighted by Crippen LogP contribution is 2.18. The molecule has 0 bridgehead atoms. The van der Waals surface area contributed by atoms with Crippen LogP contribution in [0.25, 0.3) is 0 Å². The summed E-state index contributed by atoms with van der Waals surface area (Å²) >= 11 is 5.75. The second-order valence-electron chi connectivity index (χ2n) is 4.25. The van der Waals surface area contributed by atoms with Gasteiger partial charge in [0, 0.05) is 10.7 Å². The molecule has 1 amide bonds. The van der Waals surface area contributed by atoms with Crippen LogP contribution in [0.1, 0.15) is 5.56 Å². The van der Waals surface area contributed by atoms with Gasteiger partial charge in [0.2, 0.25) is 0 Å². The fraction of sp³-hybridized carbons (Fsp3) is 0.133. The lowest BCUT2D eigenvalue weighted by atomic mass is 10.2. The van der Waals surface area contributed by atoms with Crippen LogP contribution >= 0.6 is 11.6 Å². The number of aryl methyl sites for hydroxylation is 1. The maximum Gasteiger partial charge on any atom is 0.262 e. The Balaban J connectivity index is 1.90. The average molecular weight is 294 g/mol. The number of carbonyl (C=O) groups excluding carboxylic acids is 1. The van der Waals surface area contributed by atoms with Gasteiger partial charge in [0.25, 0.3) is 5.91 Å². The van der Waals surface area contributed by atoms with Crippen molar-refractivity contribution < 1.29 is 13.9 Å². The topological polar surface area (TPSA) is 38.3 Å². The van der Waals surface area contributed by atoms with Crippen LogP contribution in [0.4, 0.5) is 10.1 Å². The van der Waals surface area contributed by atoms with Gasteiger partial charge in [0.05, 0.1) is 0 Å². The molecule has 1 N–H and O–H groups in total. The number of hydrogen-bond donors (Lipinski definition) is 1. The van der Waals surface area contributed by atoms with Gasteiger partial charge in [0.1, 0.15) is 11.6 Å². The summed E-state index contributed by atoms with van der Waals surface area (Å²) in [5.74, 6) is -0.144. The number of hydrogen-bond acceptors (Lipinski definition) is 2. The molecule has 0 aliphatic heterocycles. The zero-order valence-corrected chi connectivity index (χ0v) is 11.6. The van der Waals surface area contributed by atoms with Crippen LogP contribution in [-0.2, 0) is 4.79 Å². The van der Waals surface area contributed by atoms with E-state index in [4.69, 9.17) is 16.3 Å². The van der Waals surface area contributed by atoms with Crippen LogP contribution in [-0.4, -0.2) is 12.5 Å². The Labute approximate surface area is 121 Å². The van der Waals surface area contributed by atoms with E-state index in [1.807, 2.05) is 0 Å². The molecule has 0 unspecified atom stereocenters. The van der Waals surface area contributed by atoms with Gasteiger partial charge in [-0.25, -0.2) is 4.39 Å². The highest BCUT2D eigenvalue weighted by Gasteiger charge is 2.06.